The average molecular weight is 297 g/mol. The molecule has 0 bridgehead atoms. The highest BCUT2D eigenvalue weighted by Gasteiger charge is 2.07. The van der Waals surface area contributed by atoms with Gasteiger partial charge in [-0.25, -0.2) is 0 Å². The molecule has 3 nitrogen and oxygen atoms in total. The second kappa shape index (κ2) is 8.35. The Labute approximate surface area is 132 Å². The molecule has 2 rings (SSSR count). The molecule has 0 aliphatic rings. The molecule has 0 spiro atoms. The summed E-state index contributed by atoms with van der Waals surface area (Å²) in [7, 11) is 0. The highest BCUT2D eigenvalue weighted by Crippen LogP contribution is 2.15. The second-order valence-electron chi connectivity index (χ2n) is 5.12. The summed E-state index contributed by atoms with van der Waals surface area (Å²) in [6.07, 6.45) is 0. The first kappa shape index (κ1) is 16.2. The van der Waals surface area contributed by atoms with E-state index in [9.17, 15) is 4.79 Å². The Bertz CT molecular complexity index is 574. The van der Waals surface area contributed by atoms with E-state index in [4.69, 9.17) is 4.74 Å². The number of ether oxygens (including phenoxy) is 1. The van der Waals surface area contributed by atoms with Gasteiger partial charge in [0.15, 0.2) is 5.78 Å². The number of hydrogen-bond acceptors (Lipinski definition) is 3. The molecule has 0 saturated heterocycles. The lowest BCUT2D eigenvalue weighted by molar-refractivity contribution is 0.0726. The molecule has 3 heteroatoms. The minimum absolute atomic E-state index is 0.0158. The molecular weight excluding hydrogens is 274 g/mol. The zero-order chi connectivity index (χ0) is 15.8. The van der Waals surface area contributed by atoms with Crippen LogP contribution in [0.25, 0.3) is 0 Å². The molecule has 2 aromatic carbocycles. The van der Waals surface area contributed by atoms with Crippen molar-refractivity contribution in [1.29, 1.82) is 0 Å². The van der Waals surface area contributed by atoms with Crippen molar-refractivity contribution in [2.45, 2.75) is 20.5 Å². The van der Waals surface area contributed by atoms with Crippen LogP contribution in [0, 0.1) is 0 Å². The summed E-state index contributed by atoms with van der Waals surface area (Å²) in [5.74, 6) is 0.0158. The van der Waals surface area contributed by atoms with Crippen molar-refractivity contribution in [2.24, 2.45) is 0 Å². The number of rotatable bonds is 8. The predicted molar refractivity (Wildman–Crippen MR) is 90.4 cm³/mol. The second-order valence-corrected chi connectivity index (χ2v) is 5.12. The molecule has 0 atom stereocenters. The van der Waals surface area contributed by atoms with Gasteiger partial charge in [0.1, 0.15) is 6.61 Å². The fourth-order valence-corrected chi connectivity index (χ4v) is 2.37. The highest BCUT2D eigenvalue weighted by atomic mass is 16.5. The molecule has 0 unspecified atom stereocenters. The van der Waals surface area contributed by atoms with Gasteiger partial charge in [0.2, 0.25) is 0 Å². The molecule has 22 heavy (non-hydrogen) atoms. The number of carbonyl (C=O) groups excluding carboxylic acids is 1. The maximum Gasteiger partial charge on any atom is 0.188 e. The van der Waals surface area contributed by atoms with Crippen molar-refractivity contribution >= 4 is 11.5 Å². The fraction of sp³-hybridized carbons (Fsp3) is 0.316. The van der Waals surface area contributed by atoms with Crippen LogP contribution in [-0.4, -0.2) is 25.5 Å². The van der Waals surface area contributed by atoms with Gasteiger partial charge < -0.3 is 9.64 Å². The van der Waals surface area contributed by atoms with Crippen LogP contribution in [-0.2, 0) is 11.3 Å². The van der Waals surface area contributed by atoms with Crippen molar-refractivity contribution < 1.29 is 9.53 Å². The maximum absolute atomic E-state index is 12.1. The van der Waals surface area contributed by atoms with Crippen molar-refractivity contribution in [2.75, 3.05) is 24.6 Å². The lowest BCUT2D eigenvalue weighted by Gasteiger charge is -2.21. The van der Waals surface area contributed by atoms with Gasteiger partial charge in [0.05, 0.1) is 6.61 Å². The van der Waals surface area contributed by atoms with E-state index in [1.54, 1.807) is 0 Å². The molecule has 0 heterocycles. The first-order valence-electron chi connectivity index (χ1n) is 7.74. The molecule has 0 amide bonds. The smallest absolute Gasteiger partial charge is 0.188 e. The van der Waals surface area contributed by atoms with Gasteiger partial charge in [-0.05, 0) is 43.7 Å². The third-order valence-corrected chi connectivity index (χ3v) is 3.66. The number of anilines is 1. The number of Topliss-reactive ketones (excluding diaryl/α,β-unsaturated/α-hetero) is 1. The van der Waals surface area contributed by atoms with E-state index in [1.165, 1.54) is 0 Å². The van der Waals surface area contributed by atoms with Gasteiger partial charge in [-0.3, -0.25) is 4.79 Å². The summed E-state index contributed by atoms with van der Waals surface area (Å²) in [4.78, 5) is 14.4. The van der Waals surface area contributed by atoms with Crippen LogP contribution in [0.15, 0.2) is 54.6 Å². The van der Waals surface area contributed by atoms with Crippen LogP contribution in [0.5, 0.6) is 0 Å². The van der Waals surface area contributed by atoms with Gasteiger partial charge in [-0.2, -0.15) is 0 Å². The van der Waals surface area contributed by atoms with Gasteiger partial charge in [0, 0.05) is 24.3 Å². The first-order chi connectivity index (χ1) is 10.7. The number of ketones is 1. The van der Waals surface area contributed by atoms with Crippen LogP contribution in [0.2, 0.25) is 0 Å². The zero-order valence-electron chi connectivity index (χ0n) is 13.3. The maximum atomic E-state index is 12.1. The van der Waals surface area contributed by atoms with E-state index in [0.717, 1.165) is 24.3 Å². The van der Waals surface area contributed by atoms with E-state index in [-0.39, 0.29) is 12.4 Å². The molecule has 0 aromatic heterocycles. The Kier molecular flexibility index (Phi) is 6.16. The molecular formula is C19H23NO2. The number of benzene rings is 2. The Morgan fingerprint density at radius 3 is 2.18 bits per heavy atom. The van der Waals surface area contributed by atoms with Crippen LogP contribution >= 0.6 is 0 Å². The Morgan fingerprint density at radius 2 is 1.59 bits per heavy atom. The minimum atomic E-state index is 0.0158. The van der Waals surface area contributed by atoms with Crippen molar-refractivity contribution in [3.63, 3.8) is 0 Å². The van der Waals surface area contributed by atoms with Gasteiger partial charge >= 0.3 is 0 Å². The average Bonchev–Trinajstić information content (AvgIpc) is 2.57. The molecule has 0 N–H and O–H groups in total. The monoisotopic (exact) mass is 297 g/mol. The third-order valence-electron chi connectivity index (χ3n) is 3.66. The number of hydrogen-bond donors (Lipinski definition) is 0. The van der Waals surface area contributed by atoms with E-state index < -0.39 is 0 Å². The summed E-state index contributed by atoms with van der Waals surface area (Å²) in [6, 6.07) is 17.6. The third kappa shape index (κ3) is 4.43. The number of nitrogens with zero attached hydrogens (tertiary/aromatic N) is 1. The van der Waals surface area contributed by atoms with E-state index in [0.29, 0.717) is 12.2 Å². The predicted octanol–water partition coefficient (Wildman–Crippen LogP) is 3.93. The van der Waals surface area contributed by atoms with Crippen molar-refractivity contribution in [3.8, 4) is 0 Å². The summed E-state index contributed by atoms with van der Waals surface area (Å²) in [6.45, 7) is 6.75. The Morgan fingerprint density at radius 1 is 0.955 bits per heavy atom. The Balaban J connectivity index is 1.87. The zero-order valence-corrected chi connectivity index (χ0v) is 13.3. The van der Waals surface area contributed by atoms with Crippen LogP contribution in [0.3, 0.4) is 0 Å². The first-order valence-corrected chi connectivity index (χ1v) is 7.74. The lowest BCUT2D eigenvalue weighted by Crippen LogP contribution is -2.21. The Hall–Kier alpha value is -2.13. The summed E-state index contributed by atoms with van der Waals surface area (Å²) < 4.78 is 5.50. The molecule has 0 aliphatic heterocycles. The molecule has 0 aliphatic carbocycles. The van der Waals surface area contributed by atoms with Crippen molar-refractivity contribution in [1.82, 2.24) is 0 Å². The number of carbonyl (C=O) groups is 1. The SMILES string of the molecule is CCN(CC)c1ccc(C(=O)COCc2ccccc2)cc1. The van der Waals surface area contributed by atoms with Gasteiger partial charge in [-0.1, -0.05) is 30.3 Å². The molecule has 0 radical (unpaired) electrons. The van der Waals surface area contributed by atoms with Crippen LogP contribution < -0.4 is 4.90 Å². The molecule has 2 aromatic rings. The standard InChI is InChI=1S/C19H23NO2/c1-3-20(4-2)18-12-10-17(11-13-18)19(21)15-22-14-16-8-6-5-7-9-16/h5-13H,3-4,14-15H2,1-2H3. The van der Waals surface area contributed by atoms with Crippen LogP contribution in [0.1, 0.15) is 29.8 Å². The fourth-order valence-electron chi connectivity index (χ4n) is 2.37. The summed E-state index contributed by atoms with van der Waals surface area (Å²) in [5, 5.41) is 0. The van der Waals surface area contributed by atoms with E-state index in [2.05, 4.69) is 18.7 Å². The molecule has 116 valence electrons. The van der Waals surface area contributed by atoms with E-state index in [1.807, 2.05) is 54.6 Å². The highest BCUT2D eigenvalue weighted by molar-refractivity contribution is 5.97. The van der Waals surface area contributed by atoms with Crippen molar-refractivity contribution in [3.05, 3.63) is 65.7 Å². The van der Waals surface area contributed by atoms with E-state index >= 15 is 0 Å². The lowest BCUT2D eigenvalue weighted by atomic mass is 10.1. The molecule has 0 saturated carbocycles. The van der Waals surface area contributed by atoms with Gasteiger partial charge in [0.25, 0.3) is 0 Å². The summed E-state index contributed by atoms with van der Waals surface area (Å²) in [5.41, 5.74) is 2.92. The topological polar surface area (TPSA) is 29.5 Å². The van der Waals surface area contributed by atoms with Gasteiger partial charge in [-0.15, -0.1) is 0 Å². The quantitative estimate of drug-likeness (QED) is 0.691. The largest absolute Gasteiger partial charge is 0.372 e. The van der Waals surface area contributed by atoms with Crippen LogP contribution in [0.4, 0.5) is 5.69 Å². The normalized spacial score (nSPS) is 10.5. The minimum Gasteiger partial charge on any atom is -0.372 e. The molecule has 0 fully saturated rings. The summed E-state index contributed by atoms with van der Waals surface area (Å²) >= 11 is 0.